The van der Waals surface area contributed by atoms with E-state index < -0.39 is 0 Å². The summed E-state index contributed by atoms with van der Waals surface area (Å²) in [6.45, 7) is 5.20. The molecule has 0 aromatic heterocycles. The standard InChI is InChI=1S/C21H26Cl2N2O2/c1-15-4-3-11-25(14-15)21(27)17-9-12-24(13-10-17)19(26)8-7-16-5-2-6-18(22)20(16)23/h2,5-8,15,17H,3-4,9-14H2,1H3/b8-7+. The second-order valence-corrected chi connectivity index (χ2v) is 8.39. The minimum absolute atomic E-state index is 0.0469. The molecule has 0 bridgehead atoms. The topological polar surface area (TPSA) is 40.6 Å². The smallest absolute Gasteiger partial charge is 0.246 e. The zero-order valence-electron chi connectivity index (χ0n) is 15.7. The number of carbonyl (C=O) groups is 2. The molecule has 27 heavy (non-hydrogen) atoms. The summed E-state index contributed by atoms with van der Waals surface area (Å²) in [6, 6.07) is 5.34. The zero-order valence-corrected chi connectivity index (χ0v) is 17.2. The van der Waals surface area contributed by atoms with Crippen molar-refractivity contribution in [2.75, 3.05) is 26.2 Å². The van der Waals surface area contributed by atoms with Crippen molar-refractivity contribution in [3.8, 4) is 0 Å². The summed E-state index contributed by atoms with van der Waals surface area (Å²) in [4.78, 5) is 29.0. The Morgan fingerprint density at radius 3 is 2.52 bits per heavy atom. The van der Waals surface area contributed by atoms with Gasteiger partial charge in [-0.3, -0.25) is 9.59 Å². The molecule has 2 aliphatic heterocycles. The number of halogens is 2. The minimum Gasteiger partial charge on any atom is -0.342 e. The van der Waals surface area contributed by atoms with Crippen LogP contribution in [0.4, 0.5) is 0 Å². The van der Waals surface area contributed by atoms with Gasteiger partial charge in [-0.2, -0.15) is 0 Å². The first kappa shape index (κ1) is 20.2. The van der Waals surface area contributed by atoms with Gasteiger partial charge >= 0.3 is 0 Å². The first-order valence-corrected chi connectivity index (χ1v) is 10.4. The van der Waals surface area contributed by atoms with E-state index in [1.165, 1.54) is 12.5 Å². The summed E-state index contributed by atoms with van der Waals surface area (Å²) in [7, 11) is 0. The van der Waals surface area contributed by atoms with Crippen molar-refractivity contribution >= 4 is 41.1 Å². The monoisotopic (exact) mass is 408 g/mol. The Kier molecular flexibility index (Phi) is 6.83. The van der Waals surface area contributed by atoms with Gasteiger partial charge in [0, 0.05) is 38.2 Å². The first-order chi connectivity index (χ1) is 13.0. The molecular formula is C21H26Cl2N2O2. The van der Waals surface area contributed by atoms with E-state index in [0.29, 0.717) is 29.1 Å². The Labute approximate surface area is 171 Å². The van der Waals surface area contributed by atoms with Crippen molar-refractivity contribution in [3.05, 3.63) is 39.9 Å². The van der Waals surface area contributed by atoms with E-state index >= 15 is 0 Å². The van der Waals surface area contributed by atoms with Crippen LogP contribution in [0.15, 0.2) is 24.3 Å². The Hall–Kier alpha value is -1.52. The molecule has 4 nitrogen and oxygen atoms in total. The Morgan fingerprint density at radius 1 is 1.07 bits per heavy atom. The number of hydrogen-bond acceptors (Lipinski definition) is 2. The van der Waals surface area contributed by atoms with Gasteiger partial charge in [-0.05, 0) is 49.3 Å². The van der Waals surface area contributed by atoms with Crippen LogP contribution in [0.1, 0.15) is 38.2 Å². The van der Waals surface area contributed by atoms with Gasteiger partial charge in [0.1, 0.15) is 0 Å². The summed E-state index contributed by atoms with van der Waals surface area (Å²) in [5.41, 5.74) is 0.724. The van der Waals surface area contributed by atoms with Crippen molar-refractivity contribution in [1.82, 2.24) is 9.80 Å². The molecule has 2 fully saturated rings. The van der Waals surface area contributed by atoms with Gasteiger partial charge in [0.05, 0.1) is 10.0 Å². The van der Waals surface area contributed by atoms with Crippen molar-refractivity contribution < 1.29 is 9.59 Å². The molecule has 2 saturated heterocycles. The number of rotatable bonds is 3. The van der Waals surface area contributed by atoms with E-state index in [0.717, 1.165) is 37.9 Å². The Morgan fingerprint density at radius 2 is 1.81 bits per heavy atom. The molecule has 3 rings (SSSR count). The van der Waals surface area contributed by atoms with E-state index in [4.69, 9.17) is 23.2 Å². The third-order valence-electron chi connectivity index (χ3n) is 5.51. The lowest BCUT2D eigenvalue weighted by Gasteiger charge is -2.37. The van der Waals surface area contributed by atoms with Crippen molar-refractivity contribution in [1.29, 1.82) is 0 Å². The van der Waals surface area contributed by atoms with Crippen LogP contribution >= 0.6 is 23.2 Å². The molecule has 0 N–H and O–H groups in total. The molecule has 1 aromatic rings. The van der Waals surface area contributed by atoms with Crippen LogP contribution in [0.2, 0.25) is 10.0 Å². The highest BCUT2D eigenvalue weighted by atomic mass is 35.5. The lowest BCUT2D eigenvalue weighted by molar-refractivity contribution is -0.140. The van der Waals surface area contributed by atoms with Crippen LogP contribution in [0.5, 0.6) is 0 Å². The predicted octanol–water partition coefficient (Wildman–Crippen LogP) is 4.50. The van der Waals surface area contributed by atoms with Crippen LogP contribution in [0.3, 0.4) is 0 Å². The molecule has 0 saturated carbocycles. The maximum absolute atomic E-state index is 12.7. The van der Waals surface area contributed by atoms with Crippen molar-refractivity contribution in [2.45, 2.75) is 32.6 Å². The largest absolute Gasteiger partial charge is 0.342 e. The van der Waals surface area contributed by atoms with Gasteiger partial charge in [-0.25, -0.2) is 0 Å². The fraction of sp³-hybridized carbons (Fsp3) is 0.524. The SMILES string of the molecule is CC1CCCN(C(=O)C2CCN(C(=O)/C=C/c3cccc(Cl)c3Cl)CC2)C1. The summed E-state index contributed by atoms with van der Waals surface area (Å²) >= 11 is 12.1. The third kappa shape index (κ3) is 5.05. The second-order valence-electron chi connectivity index (χ2n) is 7.61. The average molecular weight is 409 g/mol. The molecule has 146 valence electrons. The third-order valence-corrected chi connectivity index (χ3v) is 6.35. The maximum Gasteiger partial charge on any atom is 0.246 e. The number of nitrogens with zero attached hydrogens (tertiary/aromatic N) is 2. The van der Waals surface area contributed by atoms with Gasteiger partial charge < -0.3 is 9.80 Å². The van der Waals surface area contributed by atoms with Crippen LogP contribution < -0.4 is 0 Å². The summed E-state index contributed by atoms with van der Waals surface area (Å²) in [5, 5.41) is 0.918. The van der Waals surface area contributed by atoms with Gasteiger partial charge in [0.25, 0.3) is 0 Å². The van der Waals surface area contributed by atoms with Gasteiger partial charge in [0.2, 0.25) is 11.8 Å². The van der Waals surface area contributed by atoms with E-state index in [2.05, 4.69) is 6.92 Å². The summed E-state index contributed by atoms with van der Waals surface area (Å²) in [6.07, 6.45) is 7.01. The highest BCUT2D eigenvalue weighted by molar-refractivity contribution is 6.42. The summed E-state index contributed by atoms with van der Waals surface area (Å²) in [5.74, 6) is 0.858. The molecule has 1 aromatic carbocycles. The van der Waals surface area contributed by atoms with Crippen molar-refractivity contribution in [2.24, 2.45) is 11.8 Å². The number of hydrogen-bond donors (Lipinski definition) is 0. The summed E-state index contributed by atoms with van der Waals surface area (Å²) < 4.78 is 0. The normalized spacial score (nSPS) is 21.7. The average Bonchev–Trinajstić information content (AvgIpc) is 2.68. The van der Waals surface area contributed by atoms with Crippen LogP contribution in [0, 0.1) is 11.8 Å². The molecule has 1 unspecified atom stereocenters. The number of amides is 2. The van der Waals surface area contributed by atoms with Crippen LogP contribution in [0.25, 0.3) is 6.08 Å². The Bertz CT molecular complexity index is 727. The quantitative estimate of drug-likeness (QED) is 0.690. The molecule has 1 atom stereocenters. The molecule has 0 radical (unpaired) electrons. The molecular weight excluding hydrogens is 383 g/mol. The highest BCUT2D eigenvalue weighted by Crippen LogP contribution is 2.27. The molecule has 2 amide bonds. The van der Waals surface area contributed by atoms with Crippen LogP contribution in [-0.2, 0) is 9.59 Å². The number of benzene rings is 1. The van der Waals surface area contributed by atoms with E-state index in [9.17, 15) is 9.59 Å². The fourth-order valence-corrected chi connectivity index (χ4v) is 4.28. The highest BCUT2D eigenvalue weighted by Gasteiger charge is 2.31. The first-order valence-electron chi connectivity index (χ1n) is 9.65. The fourth-order valence-electron chi connectivity index (χ4n) is 3.91. The molecule has 0 spiro atoms. The minimum atomic E-state index is -0.0523. The van der Waals surface area contributed by atoms with E-state index in [-0.39, 0.29) is 17.7 Å². The van der Waals surface area contributed by atoms with Crippen molar-refractivity contribution in [3.63, 3.8) is 0 Å². The predicted molar refractivity (Wildman–Crippen MR) is 110 cm³/mol. The van der Waals surface area contributed by atoms with Crippen LogP contribution in [-0.4, -0.2) is 47.8 Å². The second kappa shape index (κ2) is 9.11. The van der Waals surface area contributed by atoms with E-state index in [1.807, 2.05) is 11.0 Å². The number of piperidine rings is 2. The Balaban J connectivity index is 1.52. The molecule has 2 heterocycles. The van der Waals surface area contributed by atoms with E-state index in [1.54, 1.807) is 23.1 Å². The number of likely N-dealkylation sites (tertiary alicyclic amines) is 2. The number of carbonyl (C=O) groups excluding carboxylic acids is 2. The van der Waals surface area contributed by atoms with Gasteiger partial charge in [-0.15, -0.1) is 0 Å². The zero-order chi connectivity index (χ0) is 19.4. The lowest BCUT2D eigenvalue weighted by atomic mass is 9.92. The molecule has 6 heteroatoms. The van der Waals surface area contributed by atoms with Gasteiger partial charge in [0.15, 0.2) is 0 Å². The van der Waals surface area contributed by atoms with Gasteiger partial charge in [-0.1, -0.05) is 42.3 Å². The maximum atomic E-state index is 12.7. The molecule has 2 aliphatic rings. The molecule has 0 aliphatic carbocycles. The lowest BCUT2D eigenvalue weighted by Crippen LogP contribution is -2.46.